The molecule has 1 aromatic heterocycles. The van der Waals surface area contributed by atoms with E-state index in [1.807, 2.05) is 59.4 Å². The number of carbonyl (C=O) groups is 1. The molecule has 0 radical (unpaired) electrons. The van der Waals surface area contributed by atoms with Gasteiger partial charge in [0, 0.05) is 24.1 Å². The second-order valence-electron chi connectivity index (χ2n) is 6.17. The van der Waals surface area contributed by atoms with Crippen molar-refractivity contribution in [2.24, 2.45) is 0 Å². The van der Waals surface area contributed by atoms with Crippen LogP contribution in [0.25, 0.3) is 11.8 Å². The molecule has 0 atom stereocenters. The molecule has 0 bridgehead atoms. The molecule has 1 saturated carbocycles. The predicted molar refractivity (Wildman–Crippen MR) is 94.4 cm³/mol. The van der Waals surface area contributed by atoms with Crippen LogP contribution in [0.4, 0.5) is 0 Å². The first-order chi connectivity index (χ1) is 11.8. The Morgan fingerprint density at radius 3 is 2.62 bits per heavy atom. The standard InChI is InChI=1S/C20H21N3O/c21-14-17(20(24)22-18-7-3-1-4-8-18)13-16-11-12-23(15-16)19-9-5-2-6-10-19/h2,5-6,9-13,15,18H,1,3-4,7-8H2,(H,22,24)/b17-13+. The summed E-state index contributed by atoms with van der Waals surface area (Å²) in [5, 5.41) is 12.3. The number of hydrogen-bond donors (Lipinski definition) is 1. The van der Waals surface area contributed by atoms with Gasteiger partial charge in [-0.3, -0.25) is 4.79 Å². The highest BCUT2D eigenvalue weighted by atomic mass is 16.1. The van der Waals surface area contributed by atoms with Gasteiger partial charge in [0.1, 0.15) is 11.6 Å². The largest absolute Gasteiger partial charge is 0.349 e. The molecular formula is C20H21N3O. The number of nitrogens with one attached hydrogen (secondary N) is 1. The quantitative estimate of drug-likeness (QED) is 0.687. The number of rotatable bonds is 4. The minimum Gasteiger partial charge on any atom is -0.349 e. The van der Waals surface area contributed by atoms with Gasteiger partial charge in [0.2, 0.25) is 0 Å². The summed E-state index contributed by atoms with van der Waals surface area (Å²) < 4.78 is 1.97. The van der Waals surface area contributed by atoms with Crippen molar-refractivity contribution >= 4 is 12.0 Å². The highest BCUT2D eigenvalue weighted by molar-refractivity contribution is 6.01. The van der Waals surface area contributed by atoms with Crippen LogP contribution in [0.1, 0.15) is 37.7 Å². The van der Waals surface area contributed by atoms with Crippen LogP contribution in [-0.2, 0) is 4.79 Å². The van der Waals surface area contributed by atoms with Gasteiger partial charge < -0.3 is 9.88 Å². The Morgan fingerprint density at radius 1 is 1.17 bits per heavy atom. The Balaban J connectivity index is 1.72. The zero-order valence-electron chi connectivity index (χ0n) is 13.6. The Bertz CT molecular complexity index is 762. The van der Waals surface area contributed by atoms with Crippen LogP contribution in [0.5, 0.6) is 0 Å². The fourth-order valence-corrected chi connectivity index (χ4v) is 3.08. The van der Waals surface area contributed by atoms with E-state index in [1.54, 1.807) is 6.08 Å². The Labute approximate surface area is 142 Å². The van der Waals surface area contributed by atoms with Gasteiger partial charge in [0.05, 0.1) is 0 Å². The van der Waals surface area contributed by atoms with Crippen LogP contribution >= 0.6 is 0 Å². The number of benzene rings is 1. The van der Waals surface area contributed by atoms with Crippen molar-refractivity contribution in [3.8, 4) is 11.8 Å². The number of para-hydroxylation sites is 1. The molecule has 0 aliphatic heterocycles. The maximum absolute atomic E-state index is 12.3. The third-order valence-electron chi connectivity index (χ3n) is 4.39. The number of carbonyl (C=O) groups excluding carboxylic acids is 1. The van der Waals surface area contributed by atoms with Crippen molar-refractivity contribution < 1.29 is 4.79 Å². The van der Waals surface area contributed by atoms with Crippen LogP contribution in [0.2, 0.25) is 0 Å². The van der Waals surface area contributed by atoms with E-state index in [1.165, 1.54) is 6.42 Å². The van der Waals surface area contributed by atoms with Gasteiger partial charge in [0.15, 0.2) is 0 Å². The van der Waals surface area contributed by atoms with Crippen molar-refractivity contribution in [2.75, 3.05) is 0 Å². The monoisotopic (exact) mass is 319 g/mol. The van der Waals surface area contributed by atoms with E-state index in [4.69, 9.17) is 0 Å². The van der Waals surface area contributed by atoms with E-state index < -0.39 is 0 Å². The smallest absolute Gasteiger partial charge is 0.262 e. The predicted octanol–water partition coefficient (Wildman–Crippen LogP) is 3.83. The lowest BCUT2D eigenvalue weighted by Gasteiger charge is -2.22. The number of nitriles is 1. The van der Waals surface area contributed by atoms with E-state index in [2.05, 4.69) is 5.32 Å². The van der Waals surface area contributed by atoms with E-state index in [9.17, 15) is 10.1 Å². The third-order valence-corrected chi connectivity index (χ3v) is 4.39. The first kappa shape index (κ1) is 16.1. The minimum atomic E-state index is -0.267. The molecule has 1 heterocycles. The normalized spacial score (nSPS) is 15.7. The molecule has 0 spiro atoms. The number of amides is 1. The molecule has 4 nitrogen and oxygen atoms in total. The van der Waals surface area contributed by atoms with E-state index in [-0.39, 0.29) is 17.5 Å². The summed E-state index contributed by atoms with van der Waals surface area (Å²) in [6.45, 7) is 0. The maximum atomic E-state index is 12.3. The van der Waals surface area contributed by atoms with Gasteiger partial charge in [-0.25, -0.2) is 0 Å². The topological polar surface area (TPSA) is 57.8 Å². The molecule has 1 amide bonds. The SMILES string of the molecule is N#C/C(=C\c1ccn(-c2ccccc2)c1)C(=O)NC1CCCCC1. The molecule has 0 unspecified atom stereocenters. The summed E-state index contributed by atoms with van der Waals surface area (Å²) in [6, 6.07) is 14.1. The fraction of sp³-hybridized carbons (Fsp3) is 0.300. The molecule has 4 heteroatoms. The third kappa shape index (κ3) is 3.94. The summed E-state index contributed by atoms with van der Waals surface area (Å²) in [5.41, 5.74) is 2.04. The Kier molecular flexibility index (Phi) is 5.12. The highest BCUT2D eigenvalue weighted by Crippen LogP contribution is 2.18. The molecule has 0 saturated heterocycles. The van der Waals surface area contributed by atoms with Crippen LogP contribution in [-0.4, -0.2) is 16.5 Å². The molecule has 2 aromatic rings. The molecule has 1 fully saturated rings. The lowest BCUT2D eigenvalue weighted by atomic mass is 9.95. The second-order valence-corrected chi connectivity index (χ2v) is 6.17. The second kappa shape index (κ2) is 7.65. The van der Waals surface area contributed by atoms with Crippen molar-refractivity contribution in [3.63, 3.8) is 0 Å². The first-order valence-electron chi connectivity index (χ1n) is 8.42. The highest BCUT2D eigenvalue weighted by Gasteiger charge is 2.18. The molecule has 1 N–H and O–H groups in total. The maximum Gasteiger partial charge on any atom is 0.262 e. The number of hydrogen-bond acceptors (Lipinski definition) is 2. The molecule has 24 heavy (non-hydrogen) atoms. The molecule has 1 aliphatic rings. The zero-order chi connectivity index (χ0) is 16.8. The van der Waals surface area contributed by atoms with Gasteiger partial charge in [-0.1, -0.05) is 37.5 Å². The number of nitrogens with zero attached hydrogens (tertiary/aromatic N) is 2. The summed E-state index contributed by atoms with van der Waals surface area (Å²) in [6.07, 6.45) is 11.0. The van der Waals surface area contributed by atoms with Crippen LogP contribution in [0.3, 0.4) is 0 Å². The van der Waals surface area contributed by atoms with Crippen LogP contribution in [0, 0.1) is 11.3 Å². The van der Waals surface area contributed by atoms with Crippen molar-refractivity contribution in [3.05, 3.63) is 59.9 Å². The average molecular weight is 319 g/mol. The lowest BCUT2D eigenvalue weighted by Crippen LogP contribution is -2.36. The van der Waals surface area contributed by atoms with Crippen LogP contribution < -0.4 is 5.32 Å². The van der Waals surface area contributed by atoms with Gasteiger partial charge in [-0.05, 0) is 42.7 Å². The molecule has 3 rings (SSSR count). The Hall–Kier alpha value is -2.80. The lowest BCUT2D eigenvalue weighted by molar-refractivity contribution is -0.117. The zero-order valence-corrected chi connectivity index (χ0v) is 13.6. The van der Waals surface area contributed by atoms with Gasteiger partial charge in [0.25, 0.3) is 5.91 Å². The van der Waals surface area contributed by atoms with Gasteiger partial charge in [-0.15, -0.1) is 0 Å². The summed E-state index contributed by atoms with van der Waals surface area (Å²) >= 11 is 0. The molecule has 1 aromatic carbocycles. The summed E-state index contributed by atoms with van der Waals surface area (Å²) in [4.78, 5) is 12.3. The molecule has 122 valence electrons. The van der Waals surface area contributed by atoms with Gasteiger partial charge >= 0.3 is 0 Å². The van der Waals surface area contributed by atoms with Crippen LogP contribution in [0.15, 0.2) is 54.4 Å². The van der Waals surface area contributed by atoms with Gasteiger partial charge in [-0.2, -0.15) is 5.26 Å². The van der Waals surface area contributed by atoms with Crippen molar-refractivity contribution in [1.82, 2.24) is 9.88 Å². The fourth-order valence-electron chi connectivity index (χ4n) is 3.08. The number of aromatic nitrogens is 1. The van der Waals surface area contributed by atoms with Crippen molar-refractivity contribution in [2.45, 2.75) is 38.1 Å². The first-order valence-corrected chi connectivity index (χ1v) is 8.42. The van der Waals surface area contributed by atoms with E-state index in [0.717, 1.165) is 36.9 Å². The van der Waals surface area contributed by atoms with E-state index in [0.29, 0.717) is 0 Å². The van der Waals surface area contributed by atoms with E-state index >= 15 is 0 Å². The molecular weight excluding hydrogens is 298 g/mol. The molecule has 1 aliphatic carbocycles. The van der Waals surface area contributed by atoms with Crippen molar-refractivity contribution in [1.29, 1.82) is 5.26 Å². The Morgan fingerprint density at radius 2 is 1.92 bits per heavy atom. The average Bonchev–Trinajstić information content (AvgIpc) is 3.10. The minimum absolute atomic E-state index is 0.159. The summed E-state index contributed by atoms with van der Waals surface area (Å²) in [5.74, 6) is -0.267. The summed E-state index contributed by atoms with van der Waals surface area (Å²) in [7, 11) is 0.